The summed E-state index contributed by atoms with van der Waals surface area (Å²) in [5.74, 6) is 0.550. The Hall–Kier alpha value is -1.42. The molecule has 114 valence electrons. The van der Waals surface area contributed by atoms with Crippen molar-refractivity contribution in [2.24, 2.45) is 5.92 Å². The molecule has 2 aliphatic rings. The maximum absolute atomic E-state index is 13.5. The maximum Gasteiger partial charge on any atom is 0.241 e. The Balaban J connectivity index is 1.82. The molecule has 1 aliphatic heterocycles. The number of hydrogen-bond donors (Lipinski definition) is 1. The lowest BCUT2D eigenvalue weighted by atomic mass is 9.85. The normalized spacial score (nSPS) is 26.2. The zero-order valence-corrected chi connectivity index (χ0v) is 12.5. The van der Waals surface area contributed by atoms with Gasteiger partial charge in [-0.05, 0) is 42.9 Å². The summed E-state index contributed by atoms with van der Waals surface area (Å²) in [6.07, 6.45) is 5.31. The van der Waals surface area contributed by atoms with Crippen molar-refractivity contribution in [3.05, 3.63) is 35.6 Å². The Morgan fingerprint density at radius 2 is 2.19 bits per heavy atom. The average Bonchev–Trinajstić information content (AvgIpc) is 2.72. The lowest BCUT2D eigenvalue weighted by Gasteiger charge is -2.33. The molecule has 0 bridgehead atoms. The fourth-order valence-corrected chi connectivity index (χ4v) is 3.28. The third-order valence-electron chi connectivity index (χ3n) is 4.67. The summed E-state index contributed by atoms with van der Waals surface area (Å²) in [7, 11) is 0. The van der Waals surface area contributed by atoms with Gasteiger partial charge in [0.15, 0.2) is 0 Å². The van der Waals surface area contributed by atoms with E-state index in [4.69, 9.17) is 0 Å². The number of benzene rings is 1. The highest BCUT2D eigenvalue weighted by Gasteiger charge is 2.40. The predicted molar refractivity (Wildman–Crippen MR) is 80.0 cm³/mol. The zero-order chi connectivity index (χ0) is 14.8. The molecule has 1 N–H and O–H groups in total. The van der Waals surface area contributed by atoms with Crippen LogP contribution in [0.5, 0.6) is 0 Å². The molecule has 21 heavy (non-hydrogen) atoms. The zero-order valence-electron chi connectivity index (χ0n) is 12.5. The van der Waals surface area contributed by atoms with Gasteiger partial charge in [0, 0.05) is 6.54 Å². The van der Waals surface area contributed by atoms with Gasteiger partial charge < -0.3 is 4.90 Å². The van der Waals surface area contributed by atoms with Crippen molar-refractivity contribution in [2.75, 3.05) is 6.54 Å². The molecule has 1 amide bonds. The molecule has 3 rings (SSSR count). The number of hydrogen-bond acceptors (Lipinski definition) is 2. The summed E-state index contributed by atoms with van der Waals surface area (Å²) in [4.78, 5) is 14.5. The Kier molecular flexibility index (Phi) is 4.24. The van der Waals surface area contributed by atoms with Crippen molar-refractivity contribution < 1.29 is 9.18 Å². The van der Waals surface area contributed by atoms with Crippen molar-refractivity contribution in [1.29, 1.82) is 0 Å². The van der Waals surface area contributed by atoms with Crippen LogP contribution >= 0.6 is 0 Å². The first kappa shape index (κ1) is 14.5. The molecule has 2 unspecified atom stereocenters. The Labute approximate surface area is 125 Å². The van der Waals surface area contributed by atoms with Crippen molar-refractivity contribution in [3.8, 4) is 0 Å². The lowest BCUT2D eigenvalue weighted by Crippen LogP contribution is -2.37. The monoisotopic (exact) mass is 290 g/mol. The van der Waals surface area contributed by atoms with E-state index in [0.717, 1.165) is 24.9 Å². The smallest absolute Gasteiger partial charge is 0.241 e. The average molecular weight is 290 g/mol. The SMILES string of the molecule is CCCC1NC(c2cccc(F)c2)N(CC2CCC2)C1=O. The molecule has 1 aromatic carbocycles. The standard InChI is InChI=1S/C17H23FN2O/c1-2-5-15-17(21)20(11-12-6-3-7-12)16(19-15)13-8-4-9-14(18)10-13/h4,8-10,12,15-16,19H,2-3,5-7,11H2,1H3. The summed E-state index contributed by atoms with van der Waals surface area (Å²) in [5, 5.41) is 3.40. The second kappa shape index (κ2) is 6.14. The predicted octanol–water partition coefficient (Wildman–Crippen LogP) is 3.22. The van der Waals surface area contributed by atoms with Crippen LogP contribution in [0.3, 0.4) is 0 Å². The summed E-state index contributed by atoms with van der Waals surface area (Å²) < 4.78 is 13.5. The van der Waals surface area contributed by atoms with Crippen molar-refractivity contribution in [3.63, 3.8) is 0 Å². The van der Waals surface area contributed by atoms with Crippen LogP contribution in [0, 0.1) is 11.7 Å². The number of nitrogens with one attached hydrogen (secondary N) is 1. The van der Waals surface area contributed by atoms with Gasteiger partial charge in [-0.1, -0.05) is 31.9 Å². The maximum atomic E-state index is 13.5. The van der Waals surface area contributed by atoms with Gasteiger partial charge in [-0.3, -0.25) is 10.1 Å². The Bertz CT molecular complexity index is 515. The molecular weight excluding hydrogens is 267 g/mol. The van der Waals surface area contributed by atoms with E-state index in [9.17, 15) is 9.18 Å². The molecule has 4 heteroatoms. The number of carbonyl (C=O) groups is 1. The van der Waals surface area contributed by atoms with Crippen LogP contribution in [0.4, 0.5) is 4.39 Å². The molecule has 1 aromatic rings. The summed E-state index contributed by atoms with van der Waals surface area (Å²) >= 11 is 0. The minimum absolute atomic E-state index is 0.122. The van der Waals surface area contributed by atoms with Gasteiger partial charge in [0.1, 0.15) is 12.0 Å². The van der Waals surface area contributed by atoms with E-state index in [0.29, 0.717) is 5.92 Å². The van der Waals surface area contributed by atoms with Crippen molar-refractivity contribution >= 4 is 5.91 Å². The lowest BCUT2D eigenvalue weighted by molar-refractivity contribution is -0.131. The Morgan fingerprint density at radius 3 is 2.81 bits per heavy atom. The number of nitrogens with zero attached hydrogens (tertiary/aromatic N) is 1. The molecule has 1 heterocycles. The fraction of sp³-hybridized carbons (Fsp3) is 0.588. The van der Waals surface area contributed by atoms with Crippen LogP contribution in [0.1, 0.15) is 50.8 Å². The number of carbonyl (C=O) groups excluding carboxylic acids is 1. The minimum Gasteiger partial charge on any atom is -0.321 e. The van der Waals surface area contributed by atoms with Crippen LogP contribution in [0.15, 0.2) is 24.3 Å². The van der Waals surface area contributed by atoms with Crippen LogP contribution in [-0.2, 0) is 4.79 Å². The van der Waals surface area contributed by atoms with Gasteiger partial charge in [-0.15, -0.1) is 0 Å². The van der Waals surface area contributed by atoms with Gasteiger partial charge in [0.2, 0.25) is 5.91 Å². The second-order valence-corrected chi connectivity index (χ2v) is 6.25. The van der Waals surface area contributed by atoms with Gasteiger partial charge >= 0.3 is 0 Å². The molecular formula is C17H23FN2O. The highest BCUT2D eigenvalue weighted by Crippen LogP contribution is 2.33. The second-order valence-electron chi connectivity index (χ2n) is 6.25. The largest absolute Gasteiger partial charge is 0.321 e. The van der Waals surface area contributed by atoms with E-state index in [1.54, 1.807) is 6.07 Å². The molecule has 2 atom stereocenters. The van der Waals surface area contributed by atoms with E-state index in [-0.39, 0.29) is 23.9 Å². The highest BCUT2D eigenvalue weighted by molar-refractivity contribution is 5.84. The quantitative estimate of drug-likeness (QED) is 0.903. The molecule has 1 saturated carbocycles. The van der Waals surface area contributed by atoms with Crippen LogP contribution in [-0.4, -0.2) is 23.4 Å². The molecule has 1 aliphatic carbocycles. The topological polar surface area (TPSA) is 32.3 Å². The van der Waals surface area contributed by atoms with Crippen LogP contribution in [0.2, 0.25) is 0 Å². The van der Waals surface area contributed by atoms with Gasteiger partial charge in [-0.25, -0.2) is 4.39 Å². The summed E-state index contributed by atoms with van der Waals surface area (Å²) in [6.45, 7) is 2.88. The molecule has 0 radical (unpaired) electrons. The van der Waals surface area contributed by atoms with Crippen LogP contribution < -0.4 is 5.32 Å². The Morgan fingerprint density at radius 1 is 1.38 bits per heavy atom. The third-order valence-corrected chi connectivity index (χ3v) is 4.67. The molecule has 2 fully saturated rings. The third kappa shape index (κ3) is 2.95. The number of halogens is 1. The van der Waals surface area contributed by atoms with E-state index < -0.39 is 0 Å². The molecule has 1 saturated heterocycles. The number of amides is 1. The van der Waals surface area contributed by atoms with E-state index in [1.165, 1.54) is 31.4 Å². The molecule has 0 spiro atoms. The van der Waals surface area contributed by atoms with Crippen molar-refractivity contribution in [1.82, 2.24) is 10.2 Å². The molecule has 3 nitrogen and oxygen atoms in total. The first-order valence-corrected chi connectivity index (χ1v) is 8.01. The molecule has 0 aromatic heterocycles. The van der Waals surface area contributed by atoms with Gasteiger partial charge in [-0.2, -0.15) is 0 Å². The highest BCUT2D eigenvalue weighted by atomic mass is 19.1. The summed E-state index contributed by atoms with van der Waals surface area (Å²) in [5.41, 5.74) is 0.848. The van der Waals surface area contributed by atoms with Crippen LogP contribution in [0.25, 0.3) is 0 Å². The van der Waals surface area contributed by atoms with Gasteiger partial charge in [0.05, 0.1) is 6.04 Å². The first-order valence-electron chi connectivity index (χ1n) is 8.01. The van der Waals surface area contributed by atoms with Crippen molar-refractivity contribution in [2.45, 2.75) is 51.2 Å². The van der Waals surface area contributed by atoms with Gasteiger partial charge in [0.25, 0.3) is 0 Å². The minimum atomic E-state index is -0.246. The van der Waals surface area contributed by atoms with E-state index in [2.05, 4.69) is 12.2 Å². The van der Waals surface area contributed by atoms with E-state index in [1.807, 2.05) is 11.0 Å². The summed E-state index contributed by atoms with van der Waals surface area (Å²) in [6, 6.07) is 6.47. The van der Waals surface area contributed by atoms with E-state index >= 15 is 0 Å². The first-order chi connectivity index (χ1) is 10.2. The number of rotatable bonds is 5. The fourth-order valence-electron chi connectivity index (χ4n) is 3.28.